The van der Waals surface area contributed by atoms with Gasteiger partial charge in [-0.15, -0.1) is 0 Å². The number of ether oxygens (including phenoxy) is 3. The number of rotatable bonds is 5. The van der Waals surface area contributed by atoms with Crippen molar-refractivity contribution in [1.29, 1.82) is 0 Å². The van der Waals surface area contributed by atoms with Gasteiger partial charge in [-0.3, -0.25) is 4.79 Å². The van der Waals surface area contributed by atoms with Crippen LogP contribution < -0.4 is 5.32 Å². The highest BCUT2D eigenvalue weighted by molar-refractivity contribution is 5.73. The van der Waals surface area contributed by atoms with Crippen molar-refractivity contribution in [3.63, 3.8) is 0 Å². The highest BCUT2D eigenvalue weighted by Crippen LogP contribution is 2.28. The number of nitrogens with one attached hydrogen (secondary N) is 1. The van der Waals surface area contributed by atoms with Gasteiger partial charge in [-0.1, -0.05) is 0 Å². The van der Waals surface area contributed by atoms with Crippen molar-refractivity contribution in [3.8, 4) is 0 Å². The van der Waals surface area contributed by atoms with E-state index >= 15 is 0 Å². The molecule has 10 atom stereocenters. The molecule has 0 saturated carbocycles. The zero-order valence-corrected chi connectivity index (χ0v) is 14.2. The van der Waals surface area contributed by atoms with Crippen LogP contribution in [0.3, 0.4) is 0 Å². The van der Waals surface area contributed by atoms with E-state index in [9.17, 15) is 40.2 Å². The predicted molar refractivity (Wildman–Crippen MR) is 80.8 cm³/mol. The van der Waals surface area contributed by atoms with Crippen LogP contribution in [-0.4, -0.2) is 116 Å². The standard InChI is InChI=1S/C14H23NO12/c1-3(17)15-5-6(18)10(4(2-16)25-13(5)24)26-14-9(21)7(19)8(20)11(27-14)12(22)23/h4-11,13-14,16,18-21,24H,2H2,1H3,(H,15,17)(H,22,23)/t4?,5?,6-,7+,8+,9?,10-,11?,13-,14-/m1/s1. The van der Waals surface area contributed by atoms with Crippen LogP contribution in [0.15, 0.2) is 0 Å². The Balaban J connectivity index is 2.20. The molecular weight excluding hydrogens is 374 g/mol. The molecule has 2 aliphatic rings. The molecule has 13 heteroatoms. The normalized spacial score (nSPS) is 45.3. The molecule has 0 radical (unpaired) electrons. The van der Waals surface area contributed by atoms with Crippen LogP contribution in [-0.2, 0) is 23.8 Å². The topological polar surface area (TPSA) is 215 Å². The molecule has 2 aliphatic heterocycles. The first kappa shape index (κ1) is 21.9. The van der Waals surface area contributed by atoms with Crippen molar-refractivity contribution in [2.45, 2.75) is 68.3 Å². The van der Waals surface area contributed by atoms with Gasteiger partial charge in [0.1, 0.15) is 42.7 Å². The van der Waals surface area contributed by atoms with Gasteiger partial charge in [0.25, 0.3) is 0 Å². The Kier molecular flexibility index (Phi) is 7.07. The Hall–Kier alpha value is -1.42. The number of aliphatic hydroxyl groups is 6. The number of carbonyl (C=O) groups is 2. The molecule has 0 aromatic carbocycles. The third kappa shape index (κ3) is 4.53. The van der Waals surface area contributed by atoms with Gasteiger partial charge in [0.15, 0.2) is 18.7 Å². The zero-order valence-electron chi connectivity index (χ0n) is 14.2. The van der Waals surface area contributed by atoms with Crippen molar-refractivity contribution in [2.24, 2.45) is 0 Å². The van der Waals surface area contributed by atoms with Crippen LogP contribution in [0.5, 0.6) is 0 Å². The highest BCUT2D eigenvalue weighted by Gasteiger charge is 2.52. The number of carboxylic acids is 1. The van der Waals surface area contributed by atoms with Crippen LogP contribution in [0.2, 0.25) is 0 Å². The van der Waals surface area contributed by atoms with Crippen LogP contribution in [0.25, 0.3) is 0 Å². The molecular formula is C14H23NO12. The first-order valence-corrected chi connectivity index (χ1v) is 8.06. The van der Waals surface area contributed by atoms with Gasteiger partial charge in [-0.2, -0.15) is 0 Å². The number of hydrogen-bond acceptors (Lipinski definition) is 11. The van der Waals surface area contributed by atoms with Gasteiger partial charge < -0.3 is 55.3 Å². The first-order chi connectivity index (χ1) is 12.6. The van der Waals surface area contributed by atoms with Crippen molar-refractivity contribution in [2.75, 3.05) is 6.61 Å². The van der Waals surface area contributed by atoms with E-state index in [4.69, 9.17) is 19.3 Å². The lowest BCUT2D eigenvalue weighted by atomic mass is 9.95. The Morgan fingerprint density at radius 2 is 1.63 bits per heavy atom. The quantitative estimate of drug-likeness (QED) is 0.218. The minimum Gasteiger partial charge on any atom is -0.479 e. The van der Waals surface area contributed by atoms with E-state index in [2.05, 4.69) is 5.32 Å². The number of aliphatic carboxylic acids is 1. The van der Waals surface area contributed by atoms with Crippen LogP contribution >= 0.6 is 0 Å². The lowest BCUT2D eigenvalue weighted by Gasteiger charge is -2.45. The number of amides is 1. The maximum atomic E-state index is 11.2. The second-order valence-corrected chi connectivity index (χ2v) is 6.30. The number of hydrogen-bond donors (Lipinski definition) is 8. The number of carbonyl (C=O) groups excluding carboxylic acids is 1. The monoisotopic (exact) mass is 397 g/mol. The molecule has 0 aliphatic carbocycles. The average molecular weight is 397 g/mol. The summed E-state index contributed by atoms with van der Waals surface area (Å²) >= 11 is 0. The van der Waals surface area contributed by atoms with E-state index in [0.29, 0.717) is 0 Å². The van der Waals surface area contributed by atoms with E-state index < -0.39 is 79.8 Å². The summed E-state index contributed by atoms with van der Waals surface area (Å²) in [6, 6.07) is -1.36. The summed E-state index contributed by atoms with van der Waals surface area (Å²) in [5, 5.41) is 70.4. The fourth-order valence-electron chi connectivity index (χ4n) is 2.96. The zero-order chi connectivity index (χ0) is 20.5. The maximum absolute atomic E-state index is 11.2. The number of carboxylic acid groups (broad SMARTS) is 1. The lowest BCUT2D eigenvalue weighted by Crippen LogP contribution is -2.67. The molecule has 8 N–H and O–H groups in total. The molecule has 156 valence electrons. The second kappa shape index (κ2) is 8.72. The Bertz CT molecular complexity index is 546. The summed E-state index contributed by atoms with van der Waals surface area (Å²) in [5.74, 6) is -2.24. The summed E-state index contributed by atoms with van der Waals surface area (Å²) in [4.78, 5) is 22.4. The van der Waals surface area contributed by atoms with Crippen molar-refractivity contribution in [1.82, 2.24) is 5.32 Å². The molecule has 0 aromatic heterocycles. The maximum Gasteiger partial charge on any atom is 0.335 e. The van der Waals surface area contributed by atoms with Gasteiger partial charge in [0.2, 0.25) is 5.91 Å². The third-order valence-electron chi connectivity index (χ3n) is 4.35. The molecule has 0 aromatic rings. The first-order valence-electron chi connectivity index (χ1n) is 8.06. The lowest BCUT2D eigenvalue weighted by molar-refractivity contribution is -0.340. The predicted octanol–water partition coefficient (Wildman–Crippen LogP) is -5.16. The minimum atomic E-state index is -1.94. The summed E-state index contributed by atoms with van der Waals surface area (Å²) in [7, 11) is 0. The molecule has 2 heterocycles. The Morgan fingerprint density at radius 3 is 2.15 bits per heavy atom. The van der Waals surface area contributed by atoms with Gasteiger partial charge in [0, 0.05) is 6.92 Å². The fraction of sp³-hybridized carbons (Fsp3) is 0.857. The van der Waals surface area contributed by atoms with Gasteiger partial charge in [-0.25, -0.2) is 4.79 Å². The molecule has 2 fully saturated rings. The van der Waals surface area contributed by atoms with Crippen LogP contribution in [0.4, 0.5) is 0 Å². The number of aliphatic hydroxyl groups excluding tert-OH is 6. The molecule has 2 rings (SSSR count). The SMILES string of the molecule is CC(=O)NC1[C@H](O)OC(CO)[C@@H](O[C@@H]2OC(C(=O)O)[C@@H](O)[C@H](O)C2O)[C@@H]1O. The van der Waals surface area contributed by atoms with Crippen LogP contribution in [0.1, 0.15) is 6.92 Å². The molecule has 0 bridgehead atoms. The summed E-state index contributed by atoms with van der Waals surface area (Å²) in [6.45, 7) is 0.374. The second-order valence-electron chi connectivity index (χ2n) is 6.30. The van der Waals surface area contributed by atoms with Gasteiger partial charge >= 0.3 is 5.97 Å². The summed E-state index contributed by atoms with van der Waals surface area (Å²) in [5.41, 5.74) is 0. The Labute approximate surface area is 152 Å². The highest BCUT2D eigenvalue weighted by atomic mass is 16.7. The van der Waals surface area contributed by atoms with E-state index in [1.54, 1.807) is 0 Å². The van der Waals surface area contributed by atoms with E-state index in [-0.39, 0.29) is 0 Å². The average Bonchev–Trinajstić information content (AvgIpc) is 2.60. The van der Waals surface area contributed by atoms with Crippen molar-refractivity contribution >= 4 is 11.9 Å². The van der Waals surface area contributed by atoms with E-state index in [1.807, 2.05) is 0 Å². The minimum absolute atomic E-state index is 0.610. The summed E-state index contributed by atoms with van der Waals surface area (Å²) in [6.07, 6.45) is -15.7. The molecule has 2 saturated heterocycles. The fourth-order valence-corrected chi connectivity index (χ4v) is 2.96. The van der Waals surface area contributed by atoms with Crippen LogP contribution in [0, 0.1) is 0 Å². The van der Waals surface area contributed by atoms with Gasteiger partial charge in [-0.05, 0) is 0 Å². The molecule has 27 heavy (non-hydrogen) atoms. The molecule has 1 amide bonds. The van der Waals surface area contributed by atoms with Crippen molar-refractivity contribution in [3.05, 3.63) is 0 Å². The van der Waals surface area contributed by atoms with Gasteiger partial charge in [0.05, 0.1) is 6.61 Å². The van der Waals surface area contributed by atoms with E-state index in [1.165, 1.54) is 0 Å². The Morgan fingerprint density at radius 1 is 1.00 bits per heavy atom. The molecule has 13 nitrogen and oxygen atoms in total. The smallest absolute Gasteiger partial charge is 0.335 e. The third-order valence-corrected chi connectivity index (χ3v) is 4.35. The van der Waals surface area contributed by atoms with E-state index in [0.717, 1.165) is 6.92 Å². The molecule has 0 spiro atoms. The summed E-state index contributed by atoms with van der Waals surface area (Å²) < 4.78 is 15.3. The molecule has 4 unspecified atom stereocenters. The van der Waals surface area contributed by atoms with Crippen molar-refractivity contribution < 1.29 is 59.5 Å². The largest absolute Gasteiger partial charge is 0.479 e.